The molecule has 4 aromatic carbocycles. The standard InChI is InChI=1S/C36H40ClN3O4S/c1-26-13-12-16-29(21-26)24-39(33(35(42)38-36(3,4)5)23-28-14-8-6-9-15-28)34(41)25-40(32-20-19-30(37)22-27(32)2)45(43,44)31-17-10-7-11-18-31/h6-22,33H,23-25H2,1-5H3,(H,38,42). The average molecular weight is 646 g/mol. The summed E-state index contributed by atoms with van der Waals surface area (Å²) in [5, 5.41) is 3.50. The maximum Gasteiger partial charge on any atom is 0.264 e. The Morgan fingerprint density at radius 2 is 1.44 bits per heavy atom. The van der Waals surface area contributed by atoms with Crippen LogP contribution in [-0.2, 0) is 32.6 Å². The van der Waals surface area contributed by atoms with E-state index in [1.165, 1.54) is 17.0 Å². The molecule has 236 valence electrons. The maximum atomic E-state index is 14.6. The molecule has 7 nitrogen and oxygen atoms in total. The summed E-state index contributed by atoms with van der Waals surface area (Å²) in [5.74, 6) is -0.845. The van der Waals surface area contributed by atoms with Gasteiger partial charge < -0.3 is 10.2 Å². The Morgan fingerprint density at radius 3 is 2.04 bits per heavy atom. The largest absolute Gasteiger partial charge is 0.350 e. The van der Waals surface area contributed by atoms with Gasteiger partial charge >= 0.3 is 0 Å². The predicted octanol–water partition coefficient (Wildman–Crippen LogP) is 6.71. The summed E-state index contributed by atoms with van der Waals surface area (Å²) in [6.45, 7) is 8.94. The number of hydrogen-bond donors (Lipinski definition) is 1. The van der Waals surface area contributed by atoms with Crippen molar-refractivity contribution in [3.63, 3.8) is 0 Å². The molecule has 0 aliphatic rings. The van der Waals surface area contributed by atoms with Gasteiger partial charge in [0.25, 0.3) is 10.0 Å². The molecule has 0 saturated heterocycles. The van der Waals surface area contributed by atoms with Crippen LogP contribution in [0.1, 0.15) is 43.0 Å². The molecule has 0 aliphatic carbocycles. The van der Waals surface area contributed by atoms with Crippen LogP contribution in [0.2, 0.25) is 5.02 Å². The van der Waals surface area contributed by atoms with Crippen molar-refractivity contribution < 1.29 is 18.0 Å². The van der Waals surface area contributed by atoms with Crippen molar-refractivity contribution in [1.82, 2.24) is 10.2 Å². The van der Waals surface area contributed by atoms with Gasteiger partial charge in [0.05, 0.1) is 10.6 Å². The Morgan fingerprint density at radius 1 is 0.822 bits per heavy atom. The number of carbonyl (C=O) groups excluding carboxylic acids is 2. The molecular weight excluding hydrogens is 606 g/mol. The van der Waals surface area contributed by atoms with Crippen molar-refractivity contribution in [2.24, 2.45) is 0 Å². The first-order valence-electron chi connectivity index (χ1n) is 14.8. The highest BCUT2D eigenvalue weighted by Crippen LogP contribution is 2.29. The van der Waals surface area contributed by atoms with E-state index >= 15 is 0 Å². The summed E-state index contributed by atoms with van der Waals surface area (Å²) < 4.78 is 29.4. The Bertz CT molecular complexity index is 1740. The number of nitrogens with zero attached hydrogens (tertiary/aromatic N) is 2. The molecule has 2 amide bonds. The van der Waals surface area contributed by atoms with E-state index in [4.69, 9.17) is 11.6 Å². The predicted molar refractivity (Wildman–Crippen MR) is 181 cm³/mol. The van der Waals surface area contributed by atoms with Gasteiger partial charge in [-0.25, -0.2) is 8.42 Å². The van der Waals surface area contributed by atoms with E-state index in [0.717, 1.165) is 21.0 Å². The van der Waals surface area contributed by atoms with Gasteiger partial charge in [-0.1, -0.05) is 90.0 Å². The van der Waals surface area contributed by atoms with Gasteiger partial charge in [-0.3, -0.25) is 13.9 Å². The maximum absolute atomic E-state index is 14.6. The number of amides is 2. The monoisotopic (exact) mass is 645 g/mol. The molecule has 0 aromatic heterocycles. The zero-order valence-corrected chi connectivity index (χ0v) is 27.9. The van der Waals surface area contributed by atoms with Gasteiger partial charge in [-0.2, -0.15) is 0 Å². The number of halogens is 1. The molecule has 0 saturated carbocycles. The molecular formula is C36H40ClN3O4S. The van der Waals surface area contributed by atoms with Crippen LogP contribution in [0, 0.1) is 13.8 Å². The van der Waals surface area contributed by atoms with Gasteiger partial charge in [-0.15, -0.1) is 0 Å². The summed E-state index contributed by atoms with van der Waals surface area (Å²) in [5.41, 5.74) is 3.05. The molecule has 0 fully saturated rings. The van der Waals surface area contributed by atoms with Crippen molar-refractivity contribution >= 4 is 39.1 Å². The van der Waals surface area contributed by atoms with Crippen molar-refractivity contribution in [3.05, 3.63) is 130 Å². The zero-order chi connectivity index (χ0) is 32.8. The van der Waals surface area contributed by atoms with Crippen LogP contribution < -0.4 is 9.62 Å². The van der Waals surface area contributed by atoms with Crippen molar-refractivity contribution in [1.29, 1.82) is 0 Å². The van der Waals surface area contributed by atoms with Crippen LogP contribution in [0.5, 0.6) is 0 Å². The normalized spacial score (nSPS) is 12.3. The van der Waals surface area contributed by atoms with Gasteiger partial charge in [0, 0.05) is 23.5 Å². The topological polar surface area (TPSA) is 86.8 Å². The van der Waals surface area contributed by atoms with Crippen LogP contribution in [0.15, 0.2) is 108 Å². The van der Waals surface area contributed by atoms with Crippen LogP contribution >= 0.6 is 11.6 Å². The fourth-order valence-corrected chi connectivity index (χ4v) is 6.87. The molecule has 0 radical (unpaired) electrons. The number of nitrogens with one attached hydrogen (secondary N) is 1. The molecule has 4 rings (SSSR count). The highest BCUT2D eigenvalue weighted by molar-refractivity contribution is 7.92. The van der Waals surface area contributed by atoms with Crippen molar-refractivity contribution in [3.8, 4) is 0 Å². The number of anilines is 1. The summed E-state index contributed by atoms with van der Waals surface area (Å²) >= 11 is 6.23. The Labute approximate surface area is 271 Å². The lowest BCUT2D eigenvalue weighted by Gasteiger charge is -2.35. The molecule has 45 heavy (non-hydrogen) atoms. The van der Waals surface area contributed by atoms with Crippen molar-refractivity contribution in [2.45, 2.75) is 64.1 Å². The zero-order valence-electron chi connectivity index (χ0n) is 26.3. The van der Waals surface area contributed by atoms with Crippen LogP contribution in [0.25, 0.3) is 0 Å². The molecule has 0 bridgehead atoms. The first-order chi connectivity index (χ1) is 21.2. The fourth-order valence-electron chi connectivity index (χ4n) is 5.15. The van der Waals surface area contributed by atoms with Gasteiger partial charge in [0.1, 0.15) is 12.6 Å². The van der Waals surface area contributed by atoms with E-state index in [1.54, 1.807) is 43.3 Å². The minimum Gasteiger partial charge on any atom is -0.350 e. The minimum atomic E-state index is -4.19. The smallest absolute Gasteiger partial charge is 0.264 e. The Balaban J connectivity index is 1.84. The highest BCUT2D eigenvalue weighted by atomic mass is 35.5. The number of carbonyl (C=O) groups is 2. The number of hydrogen-bond acceptors (Lipinski definition) is 4. The van der Waals surface area contributed by atoms with E-state index in [1.807, 2.05) is 82.3 Å². The van der Waals surface area contributed by atoms with E-state index in [2.05, 4.69) is 5.32 Å². The lowest BCUT2D eigenvalue weighted by molar-refractivity contribution is -0.140. The molecule has 0 heterocycles. The van der Waals surface area contributed by atoms with Crippen LogP contribution in [0.4, 0.5) is 5.69 Å². The first-order valence-corrected chi connectivity index (χ1v) is 16.6. The second kappa shape index (κ2) is 14.3. The van der Waals surface area contributed by atoms with Crippen LogP contribution in [0.3, 0.4) is 0 Å². The average Bonchev–Trinajstić information content (AvgIpc) is 2.98. The summed E-state index contributed by atoms with van der Waals surface area (Å²) in [7, 11) is -4.19. The SMILES string of the molecule is Cc1cccc(CN(C(=O)CN(c2ccc(Cl)cc2C)S(=O)(=O)c2ccccc2)C(Cc2ccccc2)C(=O)NC(C)(C)C)c1. The summed E-state index contributed by atoms with van der Waals surface area (Å²) in [6.07, 6.45) is 0.242. The fraction of sp³-hybridized carbons (Fsp3) is 0.278. The minimum absolute atomic E-state index is 0.0451. The van der Waals surface area contributed by atoms with Crippen LogP contribution in [-0.4, -0.2) is 43.3 Å². The second-order valence-corrected chi connectivity index (χ2v) is 14.5. The molecule has 0 spiro atoms. The number of rotatable bonds is 11. The third-order valence-electron chi connectivity index (χ3n) is 7.24. The molecule has 1 atom stereocenters. The quantitative estimate of drug-likeness (QED) is 0.197. The second-order valence-electron chi connectivity index (χ2n) is 12.2. The molecule has 1 unspecified atom stereocenters. The van der Waals surface area contributed by atoms with E-state index < -0.39 is 34.1 Å². The number of benzene rings is 4. The van der Waals surface area contributed by atoms with Gasteiger partial charge in [0.2, 0.25) is 11.8 Å². The van der Waals surface area contributed by atoms with E-state index in [-0.39, 0.29) is 23.8 Å². The lowest BCUT2D eigenvalue weighted by atomic mass is 10.0. The molecule has 4 aromatic rings. The molecule has 0 aliphatic heterocycles. The number of aryl methyl sites for hydroxylation is 2. The van der Waals surface area contributed by atoms with Crippen molar-refractivity contribution in [2.75, 3.05) is 10.8 Å². The third kappa shape index (κ3) is 8.96. The van der Waals surface area contributed by atoms with Gasteiger partial charge in [0.15, 0.2) is 0 Å². The van der Waals surface area contributed by atoms with E-state index in [0.29, 0.717) is 16.3 Å². The molecule has 1 N–H and O–H groups in total. The third-order valence-corrected chi connectivity index (χ3v) is 9.25. The Kier molecular flexibility index (Phi) is 10.7. The summed E-state index contributed by atoms with van der Waals surface area (Å²) in [4.78, 5) is 30.1. The molecule has 9 heteroatoms. The lowest BCUT2D eigenvalue weighted by Crippen LogP contribution is -2.56. The van der Waals surface area contributed by atoms with E-state index in [9.17, 15) is 18.0 Å². The number of sulfonamides is 1. The first kappa shape index (κ1) is 33.7. The van der Waals surface area contributed by atoms with Gasteiger partial charge in [-0.05, 0) is 81.6 Å². The highest BCUT2D eigenvalue weighted by Gasteiger charge is 2.36. The summed E-state index contributed by atoms with van der Waals surface area (Å²) in [6, 6.07) is 29.2. The Hall–Kier alpha value is -4.14.